The summed E-state index contributed by atoms with van der Waals surface area (Å²) in [6.07, 6.45) is 0. The fraction of sp³-hybridized carbons (Fsp3) is 0.250. The molecule has 2 aromatic carbocycles. The lowest BCUT2D eigenvalue weighted by molar-refractivity contribution is 0.432. The molecule has 0 saturated heterocycles. The van der Waals surface area contributed by atoms with Crippen LogP contribution in [0.25, 0.3) is 0 Å². The molecule has 2 rings (SSSR count). The third-order valence-corrected chi connectivity index (χ3v) is 4.37. The smallest absolute Gasteiger partial charge is 0.167 e. The molecule has 0 radical (unpaired) electrons. The van der Waals surface area contributed by atoms with Gasteiger partial charge in [0.25, 0.3) is 0 Å². The summed E-state index contributed by atoms with van der Waals surface area (Å²) in [6, 6.07) is 8.24. The van der Waals surface area contributed by atoms with Gasteiger partial charge in [-0.15, -0.1) is 0 Å². The van der Waals surface area contributed by atoms with E-state index >= 15 is 0 Å². The van der Waals surface area contributed by atoms with Gasteiger partial charge >= 0.3 is 0 Å². The summed E-state index contributed by atoms with van der Waals surface area (Å²) in [6.45, 7) is 5.75. The molecule has 0 bridgehead atoms. The van der Waals surface area contributed by atoms with Crippen molar-refractivity contribution in [1.82, 2.24) is 0 Å². The highest BCUT2D eigenvalue weighted by Gasteiger charge is 2.14. The third kappa shape index (κ3) is 3.02. The predicted molar refractivity (Wildman–Crippen MR) is 82.7 cm³/mol. The average molecular weight is 338 g/mol. The van der Waals surface area contributed by atoms with Crippen molar-refractivity contribution in [3.8, 4) is 11.5 Å². The normalized spacial score (nSPS) is 12.3. The van der Waals surface area contributed by atoms with E-state index in [9.17, 15) is 4.39 Å². The number of rotatable bonds is 3. The van der Waals surface area contributed by atoms with Gasteiger partial charge in [-0.05, 0) is 50.1 Å². The van der Waals surface area contributed by atoms with Crippen LogP contribution in [-0.4, -0.2) is 0 Å². The van der Waals surface area contributed by atoms with Gasteiger partial charge in [-0.2, -0.15) is 0 Å². The Morgan fingerprint density at radius 1 is 1.20 bits per heavy atom. The molecule has 0 aliphatic rings. The molecule has 2 nitrogen and oxygen atoms in total. The molecule has 0 heterocycles. The number of nitrogens with two attached hydrogens (primary N) is 1. The van der Waals surface area contributed by atoms with E-state index < -0.39 is 5.82 Å². The summed E-state index contributed by atoms with van der Waals surface area (Å²) in [5, 5.41) is 0. The zero-order chi connectivity index (χ0) is 14.9. The highest BCUT2D eigenvalue weighted by atomic mass is 79.9. The van der Waals surface area contributed by atoms with Crippen molar-refractivity contribution in [1.29, 1.82) is 0 Å². The Morgan fingerprint density at radius 3 is 2.35 bits per heavy atom. The Morgan fingerprint density at radius 2 is 1.80 bits per heavy atom. The molecule has 2 N–H and O–H groups in total. The molecule has 0 saturated carbocycles. The molecule has 4 heteroatoms. The van der Waals surface area contributed by atoms with Crippen molar-refractivity contribution in [2.45, 2.75) is 26.8 Å². The molecule has 0 spiro atoms. The molecular formula is C16H17BrFNO. The van der Waals surface area contributed by atoms with E-state index in [1.165, 1.54) is 6.07 Å². The van der Waals surface area contributed by atoms with Crippen molar-refractivity contribution < 1.29 is 9.13 Å². The fourth-order valence-corrected chi connectivity index (χ4v) is 2.30. The summed E-state index contributed by atoms with van der Waals surface area (Å²) < 4.78 is 20.8. The van der Waals surface area contributed by atoms with Crippen LogP contribution >= 0.6 is 15.9 Å². The van der Waals surface area contributed by atoms with Crippen molar-refractivity contribution >= 4 is 15.9 Å². The Hall–Kier alpha value is -1.39. The molecule has 106 valence electrons. The van der Waals surface area contributed by atoms with Crippen LogP contribution in [0, 0.1) is 19.7 Å². The molecule has 0 aliphatic heterocycles. The maximum atomic E-state index is 14.0. The monoisotopic (exact) mass is 337 g/mol. The van der Waals surface area contributed by atoms with E-state index in [0.29, 0.717) is 11.3 Å². The van der Waals surface area contributed by atoms with Crippen LogP contribution in [0.2, 0.25) is 0 Å². The summed E-state index contributed by atoms with van der Waals surface area (Å²) >= 11 is 3.50. The molecule has 1 atom stereocenters. The summed E-state index contributed by atoms with van der Waals surface area (Å²) in [5.74, 6) is 0.400. The van der Waals surface area contributed by atoms with Gasteiger partial charge in [-0.25, -0.2) is 4.39 Å². The predicted octanol–water partition coefficient (Wildman–Crippen LogP) is 5.02. The van der Waals surface area contributed by atoms with Gasteiger partial charge in [-0.1, -0.05) is 28.1 Å². The van der Waals surface area contributed by atoms with Crippen LogP contribution in [0.5, 0.6) is 11.5 Å². The molecule has 2 aromatic rings. The highest BCUT2D eigenvalue weighted by Crippen LogP contribution is 2.34. The highest BCUT2D eigenvalue weighted by molar-refractivity contribution is 9.10. The number of hydrogen-bond donors (Lipinski definition) is 1. The molecule has 0 fully saturated rings. The number of hydrogen-bond acceptors (Lipinski definition) is 2. The molecule has 0 amide bonds. The third-order valence-electron chi connectivity index (χ3n) is 3.12. The van der Waals surface area contributed by atoms with Crippen LogP contribution in [0.4, 0.5) is 4.39 Å². The lowest BCUT2D eigenvalue weighted by atomic mass is 10.1. The number of halogens is 2. The molecule has 0 aromatic heterocycles. The van der Waals surface area contributed by atoms with E-state index in [2.05, 4.69) is 15.9 Å². The summed E-state index contributed by atoms with van der Waals surface area (Å²) in [7, 11) is 0. The average Bonchev–Trinajstić information content (AvgIpc) is 2.38. The number of benzene rings is 2. The van der Waals surface area contributed by atoms with Crippen molar-refractivity contribution in [3.63, 3.8) is 0 Å². The van der Waals surface area contributed by atoms with Gasteiger partial charge in [0.05, 0.1) is 0 Å². The second kappa shape index (κ2) is 5.94. The minimum atomic E-state index is -0.405. The minimum Gasteiger partial charge on any atom is -0.454 e. The van der Waals surface area contributed by atoms with E-state index in [0.717, 1.165) is 15.6 Å². The minimum absolute atomic E-state index is 0.198. The molecule has 0 aliphatic carbocycles. The van der Waals surface area contributed by atoms with E-state index in [4.69, 9.17) is 10.5 Å². The van der Waals surface area contributed by atoms with Crippen LogP contribution in [0.1, 0.15) is 29.7 Å². The first kappa shape index (κ1) is 15.0. The fourth-order valence-electron chi connectivity index (χ4n) is 2.07. The lowest BCUT2D eigenvalue weighted by Gasteiger charge is -2.15. The Labute approximate surface area is 126 Å². The molecule has 20 heavy (non-hydrogen) atoms. The lowest BCUT2D eigenvalue weighted by Crippen LogP contribution is -2.07. The standard InChI is InChI=1S/C16H17BrFNO/c1-9-7-12(8-10(2)15(9)17)20-16-13(11(3)19)5-4-6-14(16)18/h4-8,11H,19H2,1-3H3/t11-/m1/s1. The van der Waals surface area contributed by atoms with Gasteiger partial charge in [0, 0.05) is 16.1 Å². The van der Waals surface area contributed by atoms with Crippen LogP contribution in [-0.2, 0) is 0 Å². The summed E-state index contributed by atoms with van der Waals surface area (Å²) in [4.78, 5) is 0. The van der Waals surface area contributed by atoms with E-state index in [1.807, 2.05) is 26.0 Å². The van der Waals surface area contributed by atoms with E-state index in [1.54, 1.807) is 19.1 Å². The summed E-state index contributed by atoms with van der Waals surface area (Å²) in [5.41, 5.74) is 8.60. The van der Waals surface area contributed by atoms with Crippen molar-refractivity contribution in [3.05, 3.63) is 57.3 Å². The van der Waals surface area contributed by atoms with Crippen LogP contribution < -0.4 is 10.5 Å². The number of para-hydroxylation sites is 1. The van der Waals surface area contributed by atoms with Crippen LogP contribution in [0.3, 0.4) is 0 Å². The van der Waals surface area contributed by atoms with Gasteiger partial charge in [-0.3, -0.25) is 0 Å². The van der Waals surface area contributed by atoms with Crippen molar-refractivity contribution in [2.75, 3.05) is 0 Å². The quantitative estimate of drug-likeness (QED) is 0.853. The zero-order valence-corrected chi connectivity index (χ0v) is 13.3. The Balaban J connectivity index is 2.45. The second-order valence-corrected chi connectivity index (χ2v) is 5.71. The number of aryl methyl sites for hydroxylation is 2. The van der Waals surface area contributed by atoms with Gasteiger partial charge in [0.1, 0.15) is 5.75 Å². The van der Waals surface area contributed by atoms with E-state index in [-0.39, 0.29) is 11.8 Å². The molecule has 0 unspecified atom stereocenters. The maximum absolute atomic E-state index is 14.0. The van der Waals surface area contributed by atoms with Gasteiger partial charge < -0.3 is 10.5 Å². The first-order valence-electron chi connectivity index (χ1n) is 6.38. The second-order valence-electron chi connectivity index (χ2n) is 4.92. The maximum Gasteiger partial charge on any atom is 0.167 e. The van der Waals surface area contributed by atoms with Gasteiger partial charge in [0.2, 0.25) is 0 Å². The first-order valence-corrected chi connectivity index (χ1v) is 7.18. The Bertz CT molecular complexity index is 617. The van der Waals surface area contributed by atoms with Gasteiger partial charge in [0.15, 0.2) is 11.6 Å². The largest absolute Gasteiger partial charge is 0.454 e. The Kier molecular flexibility index (Phi) is 4.45. The zero-order valence-electron chi connectivity index (χ0n) is 11.7. The SMILES string of the molecule is Cc1cc(Oc2c(F)cccc2[C@@H](C)N)cc(C)c1Br. The molecular weight excluding hydrogens is 321 g/mol. The topological polar surface area (TPSA) is 35.2 Å². The first-order chi connectivity index (χ1) is 9.40. The van der Waals surface area contributed by atoms with Crippen molar-refractivity contribution in [2.24, 2.45) is 5.73 Å². The number of ether oxygens (including phenoxy) is 1. The van der Waals surface area contributed by atoms with Crippen LogP contribution in [0.15, 0.2) is 34.8 Å².